The summed E-state index contributed by atoms with van der Waals surface area (Å²) in [5.74, 6) is -1.44. The Balaban J connectivity index is 1.45. The highest BCUT2D eigenvalue weighted by Crippen LogP contribution is 2.31. The molecule has 0 bridgehead atoms. The van der Waals surface area contributed by atoms with Crippen LogP contribution in [0.2, 0.25) is 0 Å². The van der Waals surface area contributed by atoms with Crippen LogP contribution in [0.25, 0.3) is 22.6 Å². The van der Waals surface area contributed by atoms with Crippen LogP contribution in [0.3, 0.4) is 0 Å². The Kier molecular flexibility index (Phi) is 6.24. The third-order valence-electron chi connectivity index (χ3n) is 4.87. The average Bonchev–Trinajstić information content (AvgIpc) is 3.31. The number of thiazole rings is 1. The normalized spacial score (nSPS) is 11.0. The molecule has 6 nitrogen and oxygen atoms in total. The van der Waals surface area contributed by atoms with Crippen molar-refractivity contribution in [2.24, 2.45) is 0 Å². The molecule has 4 rings (SSSR count). The van der Waals surface area contributed by atoms with E-state index in [1.807, 2.05) is 38.1 Å². The van der Waals surface area contributed by atoms with Gasteiger partial charge in [-0.1, -0.05) is 29.8 Å². The minimum atomic E-state index is -0.943. The zero-order chi connectivity index (χ0) is 22.8. The van der Waals surface area contributed by atoms with Crippen LogP contribution in [-0.2, 0) is 11.3 Å². The maximum absolute atomic E-state index is 13.6. The summed E-state index contributed by atoms with van der Waals surface area (Å²) in [5.41, 5.74) is 2.99. The van der Waals surface area contributed by atoms with Crippen LogP contribution in [0.4, 0.5) is 13.9 Å². The van der Waals surface area contributed by atoms with Gasteiger partial charge in [-0.05, 0) is 44.3 Å². The summed E-state index contributed by atoms with van der Waals surface area (Å²) in [6.07, 6.45) is 0.159. The fraction of sp³-hybridized carbons (Fsp3) is 0.182. The molecule has 32 heavy (non-hydrogen) atoms. The fourth-order valence-corrected chi connectivity index (χ4v) is 4.28. The van der Waals surface area contributed by atoms with Gasteiger partial charge in [0.15, 0.2) is 27.4 Å². The van der Waals surface area contributed by atoms with Gasteiger partial charge in [-0.3, -0.25) is 14.5 Å². The Bertz CT molecular complexity index is 1340. The molecule has 0 aliphatic heterocycles. The third kappa shape index (κ3) is 4.66. The summed E-state index contributed by atoms with van der Waals surface area (Å²) >= 11 is 6.59. The molecule has 0 unspecified atom stereocenters. The number of rotatable bonds is 6. The number of anilines is 1. The first-order valence-electron chi connectivity index (χ1n) is 9.77. The quantitative estimate of drug-likeness (QED) is 0.356. The molecular formula is C22H19F2N5OS2. The molecule has 164 valence electrons. The van der Waals surface area contributed by atoms with Crippen LogP contribution < -0.4 is 5.32 Å². The second-order valence-electron chi connectivity index (χ2n) is 7.22. The van der Waals surface area contributed by atoms with Gasteiger partial charge in [-0.15, -0.1) is 11.3 Å². The molecule has 0 fully saturated rings. The van der Waals surface area contributed by atoms with Gasteiger partial charge in [0.1, 0.15) is 0 Å². The van der Waals surface area contributed by atoms with E-state index in [4.69, 9.17) is 12.2 Å². The fourth-order valence-electron chi connectivity index (χ4n) is 3.20. The van der Waals surface area contributed by atoms with E-state index >= 15 is 0 Å². The van der Waals surface area contributed by atoms with Crippen molar-refractivity contribution >= 4 is 34.6 Å². The maximum atomic E-state index is 13.6. The van der Waals surface area contributed by atoms with Gasteiger partial charge in [0.2, 0.25) is 5.91 Å². The highest BCUT2D eigenvalue weighted by Gasteiger charge is 2.15. The van der Waals surface area contributed by atoms with Crippen LogP contribution in [0.5, 0.6) is 0 Å². The molecule has 2 aromatic carbocycles. The molecule has 10 heteroatoms. The Morgan fingerprint density at radius 1 is 1.12 bits per heavy atom. The van der Waals surface area contributed by atoms with E-state index in [2.05, 4.69) is 20.5 Å². The van der Waals surface area contributed by atoms with Crippen LogP contribution in [-0.4, -0.2) is 25.7 Å². The van der Waals surface area contributed by atoms with Crippen molar-refractivity contribution in [1.82, 2.24) is 19.7 Å². The molecule has 0 radical (unpaired) electrons. The maximum Gasteiger partial charge on any atom is 0.227 e. The van der Waals surface area contributed by atoms with Crippen LogP contribution in [0.1, 0.15) is 16.9 Å². The van der Waals surface area contributed by atoms with E-state index in [1.54, 1.807) is 4.57 Å². The highest BCUT2D eigenvalue weighted by molar-refractivity contribution is 7.71. The monoisotopic (exact) mass is 471 g/mol. The molecular weight excluding hydrogens is 452 g/mol. The molecule has 2 aromatic heterocycles. The van der Waals surface area contributed by atoms with E-state index in [1.165, 1.54) is 17.4 Å². The lowest BCUT2D eigenvalue weighted by molar-refractivity contribution is -0.116. The SMILES string of the molecule is Cc1ccc(-c2n[nH]c(=S)n2CCC(=O)Nc2nc(-c3ccc(F)c(F)c3)c(C)s2)cc1. The number of halogens is 2. The number of nitrogens with zero attached hydrogens (tertiary/aromatic N) is 3. The topological polar surface area (TPSA) is 75.6 Å². The molecule has 0 saturated carbocycles. The predicted octanol–water partition coefficient (Wildman–Crippen LogP) is 5.66. The smallest absolute Gasteiger partial charge is 0.227 e. The standard InChI is InChI=1S/C22H19F2N5OS2/c1-12-3-5-14(6-4-12)20-27-28-22(31)29(20)10-9-18(30)25-21-26-19(13(2)32-21)15-7-8-16(23)17(24)11-15/h3-8,11H,9-10H2,1-2H3,(H,28,31)(H,25,26,30). The van der Waals surface area contributed by atoms with E-state index < -0.39 is 11.6 Å². The van der Waals surface area contributed by atoms with Crippen molar-refractivity contribution in [2.75, 3.05) is 5.32 Å². The van der Waals surface area contributed by atoms with Crippen molar-refractivity contribution in [3.05, 3.63) is 69.3 Å². The highest BCUT2D eigenvalue weighted by atomic mass is 32.1. The van der Waals surface area contributed by atoms with Gasteiger partial charge in [-0.2, -0.15) is 5.10 Å². The number of aromatic amines is 1. The lowest BCUT2D eigenvalue weighted by Gasteiger charge is -2.07. The first-order valence-corrected chi connectivity index (χ1v) is 11.0. The van der Waals surface area contributed by atoms with Gasteiger partial charge in [0.05, 0.1) is 5.69 Å². The number of hydrogen-bond acceptors (Lipinski definition) is 5. The van der Waals surface area contributed by atoms with E-state index in [0.717, 1.165) is 28.1 Å². The molecule has 0 atom stereocenters. The largest absolute Gasteiger partial charge is 0.302 e. The van der Waals surface area contributed by atoms with E-state index in [9.17, 15) is 13.6 Å². The van der Waals surface area contributed by atoms with Crippen LogP contribution in [0, 0.1) is 30.3 Å². The molecule has 2 N–H and O–H groups in total. The van der Waals surface area contributed by atoms with Crippen molar-refractivity contribution in [3.63, 3.8) is 0 Å². The molecule has 0 saturated heterocycles. The predicted molar refractivity (Wildman–Crippen MR) is 123 cm³/mol. The van der Waals surface area contributed by atoms with Crippen LogP contribution >= 0.6 is 23.6 Å². The molecule has 0 aliphatic carbocycles. The van der Waals surface area contributed by atoms with Crippen molar-refractivity contribution in [1.29, 1.82) is 0 Å². The summed E-state index contributed by atoms with van der Waals surface area (Å²) in [6.45, 7) is 4.15. The van der Waals surface area contributed by atoms with Crippen molar-refractivity contribution < 1.29 is 13.6 Å². The second kappa shape index (κ2) is 9.09. The summed E-state index contributed by atoms with van der Waals surface area (Å²) < 4.78 is 29.0. The number of nitrogens with one attached hydrogen (secondary N) is 2. The average molecular weight is 472 g/mol. The zero-order valence-electron chi connectivity index (χ0n) is 17.3. The van der Waals surface area contributed by atoms with E-state index in [0.29, 0.717) is 33.5 Å². The number of amides is 1. The van der Waals surface area contributed by atoms with Gasteiger partial charge in [0.25, 0.3) is 0 Å². The lowest BCUT2D eigenvalue weighted by atomic mass is 10.1. The molecule has 4 aromatic rings. The third-order valence-corrected chi connectivity index (χ3v) is 6.06. The Labute approximate surface area is 192 Å². The number of hydrogen-bond donors (Lipinski definition) is 2. The summed E-state index contributed by atoms with van der Waals surface area (Å²) in [4.78, 5) is 17.7. The molecule has 0 spiro atoms. The number of aromatic nitrogens is 4. The van der Waals surface area contributed by atoms with Crippen molar-refractivity contribution in [3.8, 4) is 22.6 Å². The minimum Gasteiger partial charge on any atom is -0.302 e. The van der Waals surface area contributed by atoms with Gasteiger partial charge in [-0.25, -0.2) is 13.8 Å². The number of carbonyl (C=O) groups excluding carboxylic acids is 1. The minimum absolute atomic E-state index is 0.159. The van der Waals surface area contributed by atoms with Crippen LogP contribution in [0.15, 0.2) is 42.5 Å². The Morgan fingerprint density at radius 3 is 2.56 bits per heavy atom. The molecule has 1 amide bonds. The lowest BCUT2D eigenvalue weighted by Crippen LogP contribution is -2.15. The summed E-state index contributed by atoms with van der Waals surface area (Å²) in [5, 5.41) is 10.2. The number of H-pyrrole nitrogens is 1. The first kappa shape index (κ1) is 22.0. The van der Waals surface area contributed by atoms with Gasteiger partial charge in [0, 0.05) is 29.0 Å². The van der Waals surface area contributed by atoms with E-state index in [-0.39, 0.29) is 12.3 Å². The first-order chi connectivity index (χ1) is 15.3. The number of carbonyl (C=O) groups is 1. The van der Waals surface area contributed by atoms with Gasteiger partial charge < -0.3 is 5.32 Å². The zero-order valence-corrected chi connectivity index (χ0v) is 18.9. The number of benzene rings is 2. The summed E-state index contributed by atoms with van der Waals surface area (Å²) in [6, 6.07) is 11.5. The second-order valence-corrected chi connectivity index (χ2v) is 8.81. The molecule has 0 aliphatic rings. The van der Waals surface area contributed by atoms with Crippen molar-refractivity contribution in [2.45, 2.75) is 26.8 Å². The van der Waals surface area contributed by atoms with Gasteiger partial charge >= 0.3 is 0 Å². The molecule has 2 heterocycles. The number of aryl methyl sites for hydroxylation is 2. The Morgan fingerprint density at radius 2 is 1.84 bits per heavy atom. The summed E-state index contributed by atoms with van der Waals surface area (Å²) in [7, 11) is 0. The Hall–Kier alpha value is -3.24.